The highest BCUT2D eigenvalue weighted by Gasteiger charge is 2.18. The Bertz CT molecular complexity index is 742. The number of nitrogens with one attached hydrogen (secondary N) is 1. The lowest BCUT2D eigenvalue weighted by atomic mass is 10.3. The zero-order valence-corrected chi connectivity index (χ0v) is 12.5. The van der Waals surface area contributed by atoms with E-state index in [1.165, 1.54) is 6.07 Å². The molecule has 1 aromatic carbocycles. The average molecular weight is 332 g/mol. The van der Waals surface area contributed by atoms with Gasteiger partial charge in [-0.2, -0.15) is 0 Å². The molecule has 0 radical (unpaired) electrons. The Morgan fingerprint density at radius 1 is 1.10 bits per heavy atom. The summed E-state index contributed by atoms with van der Waals surface area (Å²) in [6.45, 7) is 0.940. The third-order valence-electron chi connectivity index (χ3n) is 2.61. The van der Waals surface area contributed by atoms with Crippen LogP contribution >= 0.6 is 22.9 Å². The van der Waals surface area contributed by atoms with Gasteiger partial charge in [0.15, 0.2) is 11.5 Å². The Morgan fingerprint density at radius 2 is 1.85 bits per heavy atom. The molecule has 0 atom stereocenters. The number of fused-ring (bicyclic) bond motifs is 1. The summed E-state index contributed by atoms with van der Waals surface area (Å²) in [5, 5.41) is 0. The summed E-state index contributed by atoms with van der Waals surface area (Å²) in [6, 6.07) is 7.91. The van der Waals surface area contributed by atoms with E-state index in [4.69, 9.17) is 21.1 Å². The molecule has 106 valence electrons. The second kappa shape index (κ2) is 5.16. The lowest BCUT2D eigenvalue weighted by Crippen LogP contribution is -2.16. The van der Waals surface area contributed by atoms with Gasteiger partial charge in [0.25, 0.3) is 10.0 Å². The fourth-order valence-electron chi connectivity index (χ4n) is 1.75. The first kappa shape index (κ1) is 13.5. The summed E-state index contributed by atoms with van der Waals surface area (Å²) in [6.07, 6.45) is 0. The minimum atomic E-state index is -3.63. The predicted molar refractivity (Wildman–Crippen MR) is 77.6 cm³/mol. The SMILES string of the molecule is O=S(=O)(Nc1ccc2c(c1)OCCO2)c1ccc(Cl)s1. The van der Waals surface area contributed by atoms with E-state index in [0.29, 0.717) is 34.7 Å². The number of hydrogen-bond acceptors (Lipinski definition) is 5. The van der Waals surface area contributed by atoms with Crippen molar-refractivity contribution in [1.82, 2.24) is 0 Å². The second-order valence-electron chi connectivity index (χ2n) is 4.02. The predicted octanol–water partition coefficient (Wildman–Crippen LogP) is 2.97. The van der Waals surface area contributed by atoms with E-state index < -0.39 is 10.0 Å². The molecule has 0 saturated heterocycles. The van der Waals surface area contributed by atoms with Crippen LogP contribution in [0.15, 0.2) is 34.5 Å². The fourth-order valence-corrected chi connectivity index (χ4v) is 4.29. The molecule has 5 nitrogen and oxygen atoms in total. The van der Waals surface area contributed by atoms with Crippen molar-refractivity contribution in [2.45, 2.75) is 4.21 Å². The lowest BCUT2D eigenvalue weighted by Gasteiger charge is -2.19. The van der Waals surface area contributed by atoms with Gasteiger partial charge in [0.2, 0.25) is 0 Å². The number of rotatable bonds is 3. The Balaban J connectivity index is 1.87. The Hall–Kier alpha value is -1.44. The molecule has 1 aliphatic heterocycles. The monoisotopic (exact) mass is 331 g/mol. The summed E-state index contributed by atoms with van der Waals surface area (Å²) in [5.41, 5.74) is 0.416. The maximum Gasteiger partial charge on any atom is 0.271 e. The van der Waals surface area contributed by atoms with Crippen LogP contribution in [0.3, 0.4) is 0 Å². The van der Waals surface area contributed by atoms with Crippen molar-refractivity contribution < 1.29 is 17.9 Å². The van der Waals surface area contributed by atoms with E-state index in [2.05, 4.69) is 4.72 Å². The van der Waals surface area contributed by atoms with Crippen LogP contribution in [-0.2, 0) is 10.0 Å². The van der Waals surface area contributed by atoms with Gasteiger partial charge in [-0.15, -0.1) is 11.3 Å². The van der Waals surface area contributed by atoms with E-state index >= 15 is 0 Å². The molecule has 0 spiro atoms. The molecule has 1 aromatic heterocycles. The molecular formula is C12H10ClNO4S2. The first-order chi connectivity index (χ1) is 9.54. The maximum atomic E-state index is 12.2. The van der Waals surface area contributed by atoms with Gasteiger partial charge in [0.05, 0.1) is 10.0 Å². The Labute approximate surface area is 125 Å². The minimum absolute atomic E-state index is 0.164. The van der Waals surface area contributed by atoms with Crippen LogP contribution in [-0.4, -0.2) is 21.6 Å². The van der Waals surface area contributed by atoms with Crippen LogP contribution in [0.1, 0.15) is 0 Å². The third kappa shape index (κ3) is 2.70. The first-order valence-corrected chi connectivity index (χ1v) is 8.40. The summed E-state index contributed by atoms with van der Waals surface area (Å²) in [7, 11) is -3.63. The zero-order valence-electron chi connectivity index (χ0n) is 10.1. The molecule has 0 amide bonds. The molecule has 1 aliphatic rings. The number of hydrogen-bond donors (Lipinski definition) is 1. The van der Waals surface area contributed by atoms with Gasteiger partial charge in [-0.25, -0.2) is 8.42 Å². The van der Waals surface area contributed by atoms with Crippen molar-refractivity contribution in [3.63, 3.8) is 0 Å². The smallest absolute Gasteiger partial charge is 0.271 e. The standard InChI is InChI=1S/C12H10ClNO4S2/c13-11-3-4-12(19-11)20(15,16)14-8-1-2-9-10(7-8)18-6-5-17-9/h1-4,7,14H,5-6H2. The fraction of sp³-hybridized carbons (Fsp3) is 0.167. The molecule has 0 saturated carbocycles. The number of halogens is 1. The summed E-state index contributed by atoms with van der Waals surface area (Å²) >= 11 is 6.76. The van der Waals surface area contributed by atoms with E-state index in [-0.39, 0.29) is 4.21 Å². The Kier molecular flexibility index (Phi) is 3.49. The van der Waals surface area contributed by atoms with Crippen LogP contribution in [0.5, 0.6) is 11.5 Å². The van der Waals surface area contributed by atoms with Gasteiger partial charge in [-0.3, -0.25) is 4.72 Å². The summed E-state index contributed by atoms with van der Waals surface area (Å²) in [4.78, 5) is 0. The van der Waals surface area contributed by atoms with Crippen LogP contribution < -0.4 is 14.2 Å². The van der Waals surface area contributed by atoms with Gasteiger partial charge in [-0.05, 0) is 24.3 Å². The third-order valence-corrected chi connectivity index (χ3v) is 5.71. The van der Waals surface area contributed by atoms with Gasteiger partial charge in [-0.1, -0.05) is 11.6 Å². The van der Waals surface area contributed by atoms with Gasteiger partial charge in [0.1, 0.15) is 17.4 Å². The number of anilines is 1. The van der Waals surface area contributed by atoms with Crippen molar-refractivity contribution in [1.29, 1.82) is 0 Å². The van der Waals surface area contributed by atoms with Crippen LogP contribution in [0, 0.1) is 0 Å². The highest BCUT2D eigenvalue weighted by molar-refractivity contribution is 7.94. The molecule has 0 aliphatic carbocycles. The molecule has 8 heteroatoms. The maximum absolute atomic E-state index is 12.2. The zero-order chi connectivity index (χ0) is 14.2. The highest BCUT2D eigenvalue weighted by atomic mass is 35.5. The van der Waals surface area contributed by atoms with Crippen molar-refractivity contribution in [3.05, 3.63) is 34.7 Å². The van der Waals surface area contributed by atoms with E-state index in [0.717, 1.165) is 11.3 Å². The molecule has 2 aromatic rings. The molecule has 2 heterocycles. The lowest BCUT2D eigenvalue weighted by molar-refractivity contribution is 0.171. The van der Waals surface area contributed by atoms with Crippen LogP contribution in [0.4, 0.5) is 5.69 Å². The van der Waals surface area contributed by atoms with Crippen molar-refractivity contribution in [2.24, 2.45) is 0 Å². The van der Waals surface area contributed by atoms with Gasteiger partial charge >= 0.3 is 0 Å². The first-order valence-electron chi connectivity index (χ1n) is 5.72. The molecule has 0 fully saturated rings. The summed E-state index contributed by atoms with van der Waals surface area (Å²) in [5.74, 6) is 1.14. The largest absolute Gasteiger partial charge is 0.486 e. The van der Waals surface area contributed by atoms with E-state index in [1.54, 1.807) is 24.3 Å². The number of ether oxygens (including phenoxy) is 2. The van der Waals surface area contributed by atoms with Crippen molar-refractivity contribution in [2.75, 3.05) is 17.9 Å². The quantitative estimate of drug-likeness (QED) is 0.939. The number of benzene rings is 1. The summed E-state index contributed by atoms with van der Waals surface area (Å²) < 4.78 is 38.2. The highest BCUT2D eigenvalue weighted by Crippen LogP contribution is 2.34. The Morgan fingerprint density at radius 3 is 2.55 bits per heavy atom. The van der Waals surface area contributed by atoms with E-state index in [1.807, 2.05) is 0 Å². The minimum Gasteiger partial charge on any atom is -0.486 e. The normalized spacial score (nSPS) is 14.1. The number of sulfonamides is 1. The van der Waals surface area contributed by atoms with Gasteiger partial charge in [0, 0.05) is 6.07 Å². The average Bonchev–Trinajstić information content (AvgIpc) is 2.86. The molecule has 20 heavy (non-hydrogen) atoms. The number of thiophene rings is 1. The van der Waals surface area contributed by atoms with Crippen molar-refractivity contribution in [3.8, 4) is 11.5 Å². The van der Waals surface area contributed by atoms with Crippen molar-refractivity contribution >= 4 is 38.6 Å². The molecule has 0 bridgehead atoms. The van der Waals surface area contributed by atoms with Crippen LogP contribution in [0.2, 0.25) is 4.34 Å². The second-order valence-corrected chi connectivity index (χ2v) is 7.65. The molecular weight excluding hydrogens is 322 g/mol. The van der Waals surface area contributed by atoms with Crippen LogP contribution in [0.25, 0.3) is 0 Å². The molecule has 3 rings (SSSR count). The molecule has 1 N–H and O–H groups in total. The topological polar surface area (TPSA) is 64.6 Å². The van der Waals surface area contributed by atoms with Gasteiger partial charge < -0.3 is 9.47 Å². The molecule has 0 unspecified atom stereocenters. The van der Waals surface area contributed by atoms with E-state index in [9.17, 15) is 8.42 Å².